The molecular formula is C14H24O3. The predicted octanol–water partition coefficient (Wildman–Crippen LogP) is 3.73. The average Bonchev–Trinajstić information content (AvgIpc) is 2.30. The maximum absolute atomic E-state index is 10.2. The number of rotatable bonds is 12. The van der Waals surface area contributed by atoms with Gasteiger partial charge >= 0.3 is 5.97 Å². The van der Waals surface area contributed by atoms with E-state index in [9.17, 15) is 9.59 Å². The Balaban J connectivity index is 3.08. The highest BCUT2D eigenvalue weighted by Crippen LogP contribution is 2.07. The molecule has 0 rings (SSSR count). The van der Waals surface area contributed by atoms with Crippen LogP contribution in [0.3, 0.4) is 0 Å². The van der Waals surface area contributed by atoms with Crippen LogP contribution in [-0.2, 0) is 9.59 Å². The molecule has 3 nitrogen and oxygen atoms in total. The van der Waals surface area contributed by atoms with Gasteiger partial charge in [-0.1, -0.05) is 31.4 Å². The average molecular weight is 240 g/mol. The van der Waals surface area contributed by atoms with Crippen LogP contribution in [0.4, 0.5) is 0 Å². The summed E-state index contributed by atoms with van der Waals surface area (Å²) in [4.78, 5) is 20.3. The molecule has 0 aliphatic rings. The number of carboxylic acids is 1. The van der Waals surface area contributed by atoms with Gasteiger partial charge in [-0.15, -0.1) is 0 Å². The number of hydrogen-bond donors (Lipinski definition) is 1. The molecule has 0 heterocycles. The van der Waals surface area contributed by atoms with Crippen LogP contribution >= 0.6 is 0 Å². The van der Waals surface area contributed by atoms with Crippen molar-refractivity contribution >= 4 is 12.3 Å². The van der Waals surface area contributed by atoms with Gasteiger partial charge in [0.2, 0.25) is 0 Å². The number of carbonyl (C=O) groups is 2. The van der Waals surface area contributed by atoms with Crippen molar-refractivity contribution in [3.05, 3.63) is 12.2 Å². The summed E-state index contributed by atoms with van der Waals surface area (Å²) in [5.74, 6) is -0.714. The SMILES string of the molecule is O=CCCCCCCC/C=C\CCCC(=O)O. The summed E-state index contributed by atoms with van der Waals surface area (Å²) in [6.45, 7) is 0. The summed E-state index contributed by atoms with van der Waals surface area (Å²) in [6.07, 6.45) is 14.7. The van der Waals surface area contributed by atoms with Crippen molar-refractivity contribution in [1.29, 1.82) is 0 Å². The second-order valence-electron chi connectivity index (χ2n) is 4.27. The molecule has 3 heteroatoms. The molecule has 0 spiro atoms. The Bertz CT molecular complexity index is 222. The molecule has 0 radical (unpaired) electrons. The Kier molecular flexibility index (Phi) is 12.1. The topological polar surface area (TPSA) is 54.4 Å². The van der Waals surface area contributed by atoms with E-state index in [1.807, 2.05) is 0 Å². The molecule has 17 heavy (non-hydrogen) atoms. The van der Waals surface area contributed by atoms with Crippen molar-refractivity contribution in [3.8, 4) is 0 Å². The van der Waals surface area contributed by atoms with Gasteiger partial charge in [0.05, 0.1) is 0 Å². The van der Waals surface area contributed by atoms with E-state index >= 15 is 0 Å². The number of aldehydes is 1. The first-order valence-corrected chi connectivity index (χ1v) is 6.58. The minimum Gasteiger partial charge on any atom is -0.481 e. The van der Waals surface area contributed by atoms with Crippen molar-refractivity contribution < 1.29 is 14.7 Å². The third kappa shape index (κ3) is 14.9. The smallest absolute Gasteiger partial charge is 0.303 e. The molecule has 0 aliphatic carbocycles. The maximum Gasteiger partial charge on any atom is 0.303 e. The van der Waals surface area contributed by atoms with Crippen LogP contribution in [0.1, 0.15) is 64.2 Å². The number of unbranched alkanes of at least 4 members (excludes halogenated alkanes) is 7. The van der Waals surface area contributed by atoms with Crippen molar-refractivity contribution in [2.24, 2.45) is 0 Å². The van der Waals surface area contributed by atoms with Gasteiger partial charge in [-0.05, 0) is 32.1 Å². The number of aliphatic carboxylic acids is 1. The molecule has 0 fully saturated rings. The van der Waals surface area contributed by atoms with Gasteiger partial charge in [-0.3, -0.25) is 4.79 Å². The summed E-state index contributed by atoms with van der Waals surface area (Å²) >= 11 is 0. The van der Waals surface area contributed by atoms with Gasteiger partial charge in [0.25, 0.3) is 0 Å². The summed E-state index contributed by atoms with van der Waals surface area (Å²) in [6, 6.07) is 0. The van der Waals surface area contributed by atoms with E-state index in [-0.39, 0.29) is 6.42 Å². The fourth-order valence-electron chi connectivity index (χ4n) is 1.63. The largest absolute Gasteiger partial charge is 0.481 e. The van der Waals surface area contributed by atoms with Crippen LogP contribution in [-0.4, -0.2) is 17.4 Å². The monoisotopic (exact) mass is 240 g/mol. The van der Waals surface area contributed by atoms with E-state index in [0.717, 1.165) is 38.4 Å². The molecule has 1 N–H and O–H groups in total. The highest BCUT2D eigenvalue weighted by atomic mass is 16.4. The van der Waals surface area contributed by atoms with E-state index in [4.69, 9.17) is 5.11 Å². The molecule has 98 valence electrons. The van der Waals surface area contributed by atoms with Crippen molar-refractivity contribution in [2.45, 2.75) is 64.2 Å². The quantitative estimate of drug-likeness (QED) is 0.321. The van der Waals surface area contributed by atoms with Crippen LogP contribution in [0.5, 0.6) is 0 Å². The molecule has 0 bridgehead atoms. The standard InChI is InChI=1S/C14H24O3/c15-13-11-9-7-5-3-1-2-4-6-8-10-12-14(16)17/h4,6,13H,1-3,5,7-12H2,(H,16,17)/b6-4-. The van der Waals surface area contributed by atoms with Crippen LogP contribution in [0.25, 0.3) is 0 Å². The lowest BCUT2D eigenvalue weighted by atomic mass is 10.1. The van der Waals surface area contributed by atoms with Crippen molar-refractivity contribution in [2.75, 3.05) is 0 Å². The lowest BCUT2D eigenvalue weighted by molar-refractivity contribution is -0.137. The van der Waals surface area contributed by atoms with Crippen LogP contribution < -0.4 is 0 Å². The zero-order valence-corrected chi connectivity index (χ0v) is 10.6. The predicted molar refractivity (Wildman–Crippen MR) is 69.0 cm³/mol. The lowest BCUT2D eigenvalue weighted by Gasteiger charge is -1.97. The first-order chi connectivity index (χ1) is 8.27. The van der Waals surface area contributed by atoms with E-state index in [2.05, 4.69) is 12.2 Å². The summed E-state index contributed by atoms with van der Waals surface area (Å²) in [5, 5.41) is 8.43. The number of carbonyl (C=O) groups excluding carboxylic acids is 1. The second-order valence-corrected chi connectivity index (χ2v) is 4.27. The molecule has 0 atom stereocenters. The minimum atomic E-state index is -0.714. The number of allylic oxidation sites excluding steroid dienone is 2. The van der Waals surface area contributed by atoms with Gasteiger partial charge in [0.1, 0.15) is 6.29 Å². The van der Waals surface area contributed by atoms with Gasteiger partial charge in [0, 0.05) is 12.8 Å². The van der Waals surface area contributed by atoms with Gasteiger partial charge in [0.15, 0.2) is 0 Å². The normalized spacial score (nSPS) is 10.8. The molecule has 0 amide bonds. The molecule has 0 unspecified atom stereocenters. The summed E-state index contributed by atoms with van der Waals surface area (Å²) in [5.41, 5.74) is 0. The third-order valence-electron chi connectivity index (χ3n) is 2.62. The Labute approximate surface area is 104 Å². The Hall–Kier alpha value is -1.12. The molecule has 0 aromatic heterocycles. The minimum absolute atomic E-state index is 0.265. The van der Waals surface area contributed by atoms with Gasteiger partial charge in [-0.2, -0.15) is 0 Å². The van der Waals surface area contributed by atoms with Crippen molar-refractivity contribution in [3.63, 3.8) is 0 Å². The zero-order chi connectivity index (χ0) is 12.8. The van der Waals surface area contributed by atoms with Crippen LogP contribution in [0, 0.1) is 0 Å². The van der Waals surface area contributed by atoms with E-state index in [1.54, 1.807) is 0 Å². The lowest BCUT2D eigenvalue weighted by Crippen LogP contribution is -1.92. The highest BCUT2D eigenvalue weighted by Gasteiger charge is 1.93. The molecular weight excluding hydrogens is 216 g/mol. The van der Waals surface area contributed by atoms with Crippen LogP contribution in [0.2, 0.25) is 0 Å². The fraction of sp³-hybridized carbons (Fsp3) is 0.714. The Morgan fingerprint density at radius 3 is 1.94 bits per heavy atom. The van der Waals surface area contributed by atoms with Crippen LogP contribution in [0.15, 0.2) is 12.2 Å². The maximum atomic E-state index is 10.2. The molecule has 0 saturated carbocycles. The summed E-state index contributed by atoms with van der Waals surface area (Å²) < 4.78 is 0. The summed E-state index contributed by atoms with van der Waals surface area (Å²) in [7, 11) is 0. The number of carboxylic acid groups (broad SMARTS) is 1. The van der Waals surface area contributed by atoms with Crippen molar-refractivity contribution in [1.82, 2.24) is 0 Å². The molecule has 0 aromatic rings. The first-order valence-electron chi connectivity index (χ1n) is 6.58. The third-order valence-corrected chi connectivity index (χ3v) is 2.62. The zero-order valence-electron chi connectivity index (χ0n) is 10.6. The Morgan fingerprint density at radius 2 is 1.35 bits per heavy atom. The Morgan fingerprint density at radius 1 is 0.824 bits per heavy atom. The van der Waals surface area contributed by atoms with E-state index in [0.29, 0.717) is 6.42 Å². The van der Waals surface area contributed by atoms with Gasteiger partial charge in [-0.25, -0.2) is 0 Å². The molecule has 0 aromatic carbocycles. The molecule has 0 aliphatic heterocycles. The first kappa shape index (κ1) is 15.9. The molecule has 0 saturated heterocycles. The second kappa shape index (κ2) is 12.9. The number of hydrogen-bond acceptors (Lipinski definition) is 2. The van der Waals surface area contributed by atoms with E-state index in [1.165, 1.54) is 19.3 Å². The highest BCUT2D eigenvalue weighted by molar-refractivity contribution is 5.66. The van der Waals surface area contributed by atoms with Gasteiger partial charge < -0.3 is 9.90 Å². The fourth-order valence-corrected chi connectivity index (χ4v) is 1.63. The van der Waals surface area contributed by atoms with E-state index < -0.39 is 5.97 Å².